The maximum atomic E-state index is 12.4. The van der Waals surface area contributed by atoms with Gasteiger partial charge in [-0.05, 0) is 30.9 Å². The van der Waals surface area contributed by atoms with E-state index in [1.807, 2.05) is 30.5 Å². The van der Waals surface area contributed by atoms with Gasteiger partial charge in [0.25, 0.3) is 0 Å². The molecular formula is C17H18N2O3S. The van der Waals surface area contributed by atoms with Gasteiger partial charge in [-0.1, -0.05) is 12.1 Å². The van der Waals surface area contributed by atoms with Crippen LogP contribution in [0.15, 0.2) is 29.3 Å². The predicted molar refractivity (Wildman–Crippen MR) is 91.4 cm³/mol. The molecule has 0 radical (unpaired) electrons. The van der Waals surface area contributed by atoms with Gasteiger partial charge in [0.1, 0.15) is 11.4 Å². The molecule has 0 saturated heterocycles. The number of esters is 1. The highest BCUT2D eigenvalue weighted by atomic mass is 32.2. The summed E-state index contributed by atoms with van der Waals surface area (Å²) in [5.74, 6) is 0.294. The van der Waals surface area contributed by atoms with Crippen LogP contribution in [0.1, 0.15) is 17.4 Å². The molecule has 0 N–H and O–H groups in total. The summed E-state index contributed by atoms with van der Waals surface area (Å²) in [6.45, 7) is 9.58. The number of nitrogens with zero attached hydrogens (tertiary/aromatic N) is 2. The molecular weight excluding hydrogens is 312 g/mol. The molecule has 0 bridgehead atoms. The molecule has 0 atom stereocenters. The average Bonchev–Trinajstić information content (AvgIpc) is 2.86. The number of benzene rings is 1. The van der Waals surface area contributed by atoms with Gasteiger partial charge in [0.15, 0.2) is 0 Å². The van der Waals surface area contributed by atoms with Crippen LogP contribution in [0.5, 0.6) is 5.75 Å². The van der Waals surface area contributed by atoms with E-state index in [1.54, 1.807) is 25.6 Å². The summed E-state index contributed by atoms with van der Waals surface area (Å²) in [5.41, 5.74) is 2.25. The Hall–Kier alpha value is -2.39. The third-order valence-electron chi connectivity index (χ3n) is 3.47. The van der Waals surface area contributed by atoms with Gasteiger partial charge in [-0.25, -0.2) is 9.64 Å². The molecule has 120 valence electrons. The Kier molecular flexibility index (Phi) is 5.35. The number of rotatable bonds is 5. The molecule has 6 heteroatoms. The van der Waals surface area contributed by atoms with Crippen molar-refractivity contribution in [2.75, 3.05) is 20.0 Å². The van der Waals surface area contributed by atoms with E-state index >= 15 is 0 Å². The normalized spacial score (nSPS) is 10.2. The summed E-state index contributed by atoms with van der Waals surface area (Å²) in [5, 5.41) is 0.744. The van der Waals surface area contributed by atoms with Crippen molar-refractivity contribution in [3.05, 3.63) is 41.4 Å². The van der Waals surface area contributed by atoms with Gasteiger partial charge in [-0.15, -0.1) is 11.8 Å². The summed E-state index contributed by atoms with van der Waals surface area (Å²) < 4.78 is 12.1. The van der Waals surface area contributed by atoms with Crippen LogP contribution >= 0.6 is 11.8 Å². The molecule has 0 unspecified atom stereocenters. The molecule has 23 heavy (non-hydrogen) atoms. The first kappa shape index (κ1) is 17.0. The lowest BCUT2D eigenvalue weighted by atomic mass is 10.0. The smallest absolute Gasteiger partial charge is 0.354 e. The Morgan fingerprint density at radius 1 is 1.35 bits per heavy atom. The van der Waals surface area contributed by atoms with Gasteiger partial charge in [0.05, 0.1) is 25.3 Å². The zero-order chi connectivity index (χ0) is 17.0. The van der Waals surface area contributed by atoms with Crippen molar-refractivity contribution in [2.24, 2.45) is 7.05 Å². The van der Waals surface area contributed by atoms with Crippen molar-refractivity contribution >= 4 is 23.4 Å². The minimum absolute atomic E-state index is 0.286. The monoisotopic (exact) mass is 330 g/mol. The second-order valence-corrected chi connectivity index (χ2v) is 5.50. The molecule has 2 aromatic rings. The molecule has 0 fully saturated rings. The fraction of sp³-hybridized carbons (Fsp3) is 0.294. The number of hydrogen-bond acceptors (Lipinski definition) is 4. The molecule has 1 heterocycles. The first-order chi connectivity index (χ1) is 11.1. The highest BCUT2D eigenvalue weighted by Crippen LogP contribution is 2.43. The molecule has 1 aromatic heterocycles. The maximum absolute atomic E-state index is 12.4. The van der Waals surface area contributed by atoms with Crippen LogP contribution in [0.3, 0.4) is 0 Å². The van der Waals surface area contributed by atoms with Crippen molar-refractivity contribution in [3.8, 4) is 16.9 Å². The summed E-state index contributed by atoms with van der Waals surface area (Å²) >= 11 is 1.44. The molecule has 2 rings (SSSR count). The topological polar surface area (TPSA) is 44.8 Å². The van der Waals surface area contributed by atoms with Gasteiger partial charge in [0.2, 0.25) is 5.69 Å². The molecule has 0 aliphatic rings. The van der Waals surface area contributed by atoms with E-state index in [-0.39, 0.29) is 6.61 Å². The van der Waals surface area contributed by atoms with E-state index in [0.29, 0.717) is 16.9 Å². The summed E-state index contributed by atoms with van der Waals surface area (Å²) in [7, 11) is 3.37. The van der Waals surface area contributed by atoms with Crippen molar-refractivity contribution in [3.63, 3.8) is 0 Å². The fourth-order valence-electron chi connectivity index (χ4n) is 2.45. The molecule has 0 aliphatic carbocycles. The minimum atomic E-state index is -0.425. The van der Waals surface area contributed by atoms with Crippen molar-refractivity contribution in [2.45, 2.75) is 11.9 Å². The van der Waals surface area contributed by atoms with E-state index in [4.69, 9.17) is 16.0 Å². The van der Waals surface area contributed by atoms with Gasteiger partial charge in [-0.2, -0.15) is 0 Å². The molecule has 1 aromatic carbocycles. The van der Waals surface area contributed by atoms with Crippen LogP contribution in [-0.4, -0.2) is 30.5 Å². The standard InChI is InChI=1S/C17H18N2O3S/c1-6-22-17(20)15-13(11-7-9-12(21-4)10-8-11)14(18-2)16(23-5)19(15)3/h7-10H,6H2,1,3-5H3. The van der Waals surface area contributed by atoms with E-state index in [1.165, 1.54) is 11.8 Å². The SMILES string of the molecule is [C-]#[N+]c1c(-c2ccc(OC)cc2)c(C(=O)OCC)n(C)c1SC. The van der Waals surface area contributed by atoms with Gasteiger partial charge in [0, 0.05) is 12.6 Å². The fourth-order valence-corrected chi connectivity index (χ4v) is 3.16. The minimum Gasteiger partial charge on any atom is -0.497 e. The summed E-state index contributed by atoms with van der Waals surface area (Å²) in [6, 6.07) is 7.30. The lowest BCUT2D eigenvalue weighted by Crippen LogP contribution is -2.11. The Bertz CT molecular complexity index is 758. The third kappa shape index (κ3) is 3.06. The number of carbonyl (C=O) groups is 1. The first-order valence-electron chi connectivity index (χ1n) is 7.04. The van der Waals surface area contributed by atoms with Crippen LogP contribution in [0.4, 0.5) is 5.69 Å². The molecule has 0 spiro atoms. The Morgan fingerprint density at radius 2 is 2.00 bits per heavy atom. The zero-order valence-electron chi connectivity index (χ0n) is 13.5. The lowest BCUT2D eigenvalue weighted by Gasteiger charge is -2.09. The van der Waals surface area contributed by atoms with Gasteiger partial charge < -0.3 is 14.0 Å². The zero-order valence-corrected chi connectivity index (χ0v) is 14.4. The molecule has 0 saturated carbocycles. The molecule has 0 amide bonds. The first-order valence-corrected chi connectivity index (χ1v) is 8.27. The van der Waals surface area contributed by atoms with Crippen LogP contribution in [0.2, 0.25) is 0 Å². The maximum Gasteiger partial charge on any atom is 0.354 e. The Balaban J connectivity index is 2.72. The van der Waals surface area contributed by atoms with Crippen LogP contribution in [-0.2, 0) is 11.8 Å². The highest BCUT2D eigenvalue weighted by molar-refractivity contribution is 7.98. The molecule has 5 nitrogen and oxygen atoms in total. The summed E-state index contributed by atoms with van der Waals surface area (Å²) in [6.07, 6.45) is 1.89. The predicted octanol–water partition coefficient (Wildman–Crippen LogP) is 4.15. The number of carbonyl (C=O) groups excluding carboxylic acids is 1. The third-order valence-corrected chi connectivity index (χ3v) is 4.32. The van der Waals surface area contributed by atoms with E-state index in [2.05, 4.69) is 4.85 Å². The number of ether oxygens (including phenoxy) is 2. The van der Waals surface area contributed by atoms with Crippen molar-refractivity contribution < 1.29 is 14.3 Å². The number of methoxy groups -OCH3 is 1. The highest BCUT2D eigenvalue weighted by Gasteiger charge is 2.27. The second kappa shape index (κ2) is 7.25. The van der Waals surface area contributed by atoms with E-state index in [0.717, 1.165) is 16.3 Å². The molecule has 0 aliphatic heterocycles. The van der Waals surface area contributed by atoms with Crippen LogP contribution < -0.4 is 4.74 Å². The van der Waals surface area contributed by atoms with Gasteiger partial charge in [-0.3, -0.25) is 0 Å². The van der Waals surface area contributed by atoms with Crippen LogP contribution in [0, 0.1) is 6.57 Å². The average molecular weight is 330 g/mol. The van der Waals surface area contributed by atoms with Gasteiger partial charge >= 0.3 is 5.97 Å². The Morgan fingerprint density at radius 3 is 2.48 bits per heavy atom. The Labute approximate surface area is 140 Å². The summed E-state index contributed by atoms with van der Waals surface area (Å²) in [4.78, 5) is 16.1. The number of thioether (sulfide) groups is 1. The second-order valence-electron chi connectivity index (χ2n) is 4.70. The van der Waals surface area contributed by atoms with Crippen molar-refractivity contribution in [1.82, 2.24) is 4.57 Å². The van der Waals surface area contributed by atoms with E-state index in [9.17, 15) is 4.79 Å². The van der Waals surface area contributed by atoms with E-state index < -0.39 is 5.97 Å². The number of aromatic nitrogens is 1. The quantitative estimate of drug-likeness (QED) is 0.469. The number of hydrogen-bond donors (Lipinski definition) is 0. The largest absolute Gasteiger partial charge is 0.497 e. The van der Waals surface area contributed by atoms with Crippen LogP contribution in [0.25, 0.3) is 16.0 Å². The van der Waals surface area contributed by atoms with Crippen molar-refractivity contribution in [1.29, 1.82) is 0 Å². The lowest BCUT2D eigenvalue weighted by molar-refractivity contribution is 0.0515.